The summed E-state index contributed by atoms with van der Waals surface area (Å²) in [5, 5.41) is 5.89. The molecule has 2 atom stereocenters. The van der Waals surface area contributed by atoms with E-state index in [1.807, 2.05) is 37.3 Å². The van der Waals surface area contributed by atoms with Crippen LogP contribution in [0, 0.1) is 11.6 Å². The smallest absolute Gasteiger partial charge is 0.234 e. The second-order valence-corrected chi connectivity index (χ2v) is 5.48. The first kappa shape index (κ1) is 17.1. The van der Waals surface area contributed by atoms with E-state index in [1.165, 1.54) is 6.07 Å². The minimum absolute atomic E-state index is 0.0935. The molecule has 2 N–H and O–H groups in total. The normalized spacial score (nSPS) is 13.4. The van der Waals surface area contributed by atoms with Crippen molar-refractivity contribution in [2.45, 2.75) is 25.9 Å². The summed E-state index contributed by atoms with van der Waals surface area (Å²) in [5.41, 5.74) is 1.61. The lowest BCUT2D eigenvalue weighted by Gasteiger charge is -2.17. The standard InChI is InChI=1S/C18H20F2N2O/c1-12(15-8-9-16(19)17(20)10-15)21-11-18(23)22-13(2)14-6-4-3-5-7-14/h3-10,12-13,21H,11H2,1-2H3,(H,22,23)/t12-,13+/m0/s1. The maximum absolute atomic E-state index is 13.2. The molecule has 122 valence electrons. The van der Waals surface area contributed by atoms with Crippen LogP contribution in [-0.4, -0.2) is 12.5 Å². The Bertz CT molecular complexity index is 661. The zero-order chi connectivity index (χ0) is 16.8. The van der Waals surface area contributed by atoms with Crippen molar-refractivity contribution >= 4 is 5.91 Å². The summed E-state index contributed by atoms with van der Waals surface area (Å²) < 4.78 is 26.1. The summed E-state index contributed by atoms with van der Waals surface area (Å²) in [7, 11) is 0. The van der Waals surface area contributed by atoms with Crippen molar-refractivity contribution in [1.82, 2.24) is 10.6 Å². The highest BCUT2D eigenvalue weighted by Crippen LogP contribution is 2.16. The highest BCUT2D eigenvalue weighted by Gasteiger charge is 2.12. The fraction of sp³-hybridized carbons (Fsp3) is 0.278. The summed E-state index contributed by atoms with van der Waals surface area (Å²) in [6.07, 6.45) is 0. The summed E-state index contributed by atoms with van der Waals surface area (Å²) in [6, 6.07) is 13.0. The van der Waals surface area contributed by atoms with Gasteiger partial charge in [-0.25, -0.2) is 8.78 Å². The molecule has 0 aliphatic carbocycles. The molecule has 1 amide bonds. The largest absolute Gasteiger partial charge is 0.348 e. The third-order valence-electron chi connectivity index (χ3n) is 3.69. The molecule has 2 aromatic carbocycles. The Labute approximate surface area is 134 Å². The first-order valence-corrected chi connectivity index (χ1v) is 7.50. The average Bonchev–Trinajstić information content (AvgIpc) is 2.56. The van der Waals surface area contributed by atoms with Gasteiger partial charge in [-0.1, -0.05) is 36.4 Å². The lowest BCUT2D eigenvalue weighted by atomic mass is 10.1. The molecule has 0 unspecified atom stereocenters. The van der Waals surface area contributed by atoms with Crippen molar-refractivity contribution in [3.8, 4) is 0 Å². The second-order valence-electron chi connectivity index (χ2n) is 5.48. The Morgan fingerprint density at radius 1 is 0.957 bits per heavy atom. The molecule has 0 aliphatic heterocycles. The van der Waals surface area contributed by atoms with Crippen LogP contribution in [0.2, 0.25) is 0 Å². The van der Waals surface area contributed by atoms with Crippen LogP contribution in [0.15, 0.2) is 48.5 Å². The molecule has 5 heteroatoms. The Hall–Kier alpha value is -2.27. The molecule has 0 spiro atoms. The molecule has 0 bridgehead atoms. The van der Waals surface area contributed by atoms with Crippen LogP contribution in [0.1, 0.15) is 37.1 Å². The van der Waals surface area contributed by atoms with Gasteiger partial charge in [-0.2, -0.15) is 0 Å². The summed E-state index contributed by atoms with van der Waals surface area (Å²) in [5.74, 6) is -1.93. The van der Waals surface area contributed by atoms with Crippen LogP contribution in [-0.2, 0) is 4.79 Å². The number of benzene rings is 2. The van der Waals surface area contributed by atoms with Gasteiger partial charge in [-0.05, 0) is 37.1 Å². The monoisotopic (exact) mass is 318 g/mol. The van der Waals surface area contributed by atoms with E-state index >= 15 is 0 Å². The van der Waals surface area contributed by atoms with Crippen molar-refractivity contribution in [1.29, 1.82) is 0 Å². The Kier molecular flexibility index (Phi) is 5.82. The molecule has 0 saturated heterocycles. The predicted octanol–water partition coefficient (Wildman–Crippen LogP) is 3.49. The second kappa shape index (κ2) is 7.83. The molecular weight excluding hydrogens is 298 g/mol. The molecule has 3 nitrogen and oxygen atoms in total. The van der Waals surface area contributed by atoms with Crippen molar-refractivity contribution in [3.05, 3.63) is 71.3 Å². The maximum Gasteiger partial charge on any atom is 0.234 e. The SMILES string of the molecule is C[C@H](NCC(=O)N[C@H](C)c1ccccc1)c1ccc(F)c(F)c1. The van der Waals surface area contributed by atoms with Gasteiger partial charge >= 0.3 is 0 Å². The van der Waals surface area contributed by atoms with Gasteiger partial charge in [0.1, 0.15) is 0 Å². The van der Waals surface area contributed by atoms with Crippen LogP contribution in [0.4, 0.5) is 8.78 Å². The van der Waals surface area contributed by atoms with Gasteiger partial charge in [0.2, 0.25) is 5.91 Å². The number of hydrogen-bond acceptors (Lipinski definition) is 2. The highest BCUT2D eigenvalue weighted by molar-refractivity contribution is 5.78. The van der Waals surface area contributed by atoms with E-state index in [0.717, 1.165) is 17.7 Å². The molecule has 23 heavy (non-hydrogen) atoms. The molecule has 0 saturated carbocycles. The zero-order valence-corrected chi connectivity index (χ0v) is 13.1. The van der Waals surface area contributed by atoms with E-state index in [1.54, 1.807) is 6.92 Å². The first-order chi connectivity index (χ1) is 11.0. The topological polar surface area (TPSA) is 41.1 Å². The molecule has 0 aliphatic rings. The minimum atomic E-state index is -0.890. The minimum Gasteiger partial charge on any atom is -0.348 e. The van der Waals surface area contributed by atoms with Crippen LogP contribution >= 0.6 is 0 Å². The van der Waals surface area contributed by atoms with E-state index in [0.29, 0.717) is 5.56 Å². The van der Waals surface area contributed by atoms with Gasteiger partial charge < -0.3 is 10.6 Å². The summed E-state index contributed by atoms with van der Waals surface area (Å²) >= 11 is 0. The van der Waals surface area contributed by atoms with Crippen molar-refractivity contribution in [3.63, 3.8) is 0 Å². The van der Waals surface area contributed by atoms with Gasteiger partial charge in [-0.3, -0.25) is 4.79 Å². The molecule has 0 heterocycles. The van der Waals surface area contributed by atoms with E-state index in [2.05, 4.69) is 10.6 Å². The van der Waals surface area contributed by atoms with Gasteiger partial charge in [0, 0.05) is 6.04 Å². The van der Waals surface area contributed by atoms with Crippen molar-refractivity contribution in [2.24, 2.45) is 0 Å². The number of carbonyl (C=O) groups excluding carboxylic acids is 1. The zero-order valence-electron chi connectivity index (χ0n) is 13.1. The Balaban J connectivity index is 1.85. The van der Waals surface area contributed by atoms with Crippen LogP contribution < -0.4 is 10.6 Å². The number of carbonyl (C=O) groups is 1. The fourth-order valence-electron chi connectivity index (χ4n) is 2.26. The van der Waals surface area contributed by atoms with Crippen LogP contribution in [0.3, 0.4) is 0 Å². The highest BCUT2D eigenvalue weighted by atomic mass is 19.2. The van der Waals surface area contributed by atoms with Gasteiger partial charge in [0.05, 0.1) is 12.6 Å². The first-order valence-electron chi connectivity index (χ1n) is 7.50. The molecule has 2 aromatic rings. The third kappa shape index (κ3) is 4.86. The molecule has 2 rings (SSSR count). The number of nitrogens with one attached hydrogen (secondary N) is 2. The van der Waals surface area contributed by atoms with E-state index in [4.69, 9.17) is 0 Å². The van der Waals surface area contributed by atoms with Gasteiger partial charge in [-0.15, -0.1) is 0 Å². The fourth-order valence-corrected chi connectivity index (χ4v) is 2.26. The number of rotatable bonds is 6. The summed E-state index contributed by atoms with van der Waals surface area (Å²) in [4.78, 5) is 12.0. The summed E-state index contributed by atoms with van der Waals surface area (Å²) in [6.45, 7) is 3.80. The van der Waals surface area contributed by atoms with Crippen molar-refractivity contribution < 1.29 is 13.6 Å². The van der Waals surface area contributed by atoms with Gasteiger partial charge in [0.25, 0.3) is 0 Å². The van der Waals surface area contributed by atoms with E-state index in [9.17, 15) is 13.6 Å². The molecule has 0 fully saturated rings. The van der Waals surface area contributed by atoms with E-state index in [-0.39, 0.29) is 24.5 Å². The van der Waals surface area contributed by atoms with Gasteiger partial charge in [0.15, 0.2) is 11.6 Å². The molecular formula is C18H20F2N2O. The van der Waals surface area contributed by atoms with Crippen molar-refractivity contribution in [2.75, 3.05) is 6.54 Å². The number of hydrogen-bond donors (Lipinski definition) is 2. The third-order valence-corrected chi connectivity index (χ3v) is 3.69. The number of amides is 1. The molecule has 0 aromatic heterocycles. The maximum atomic E-state index is 13.2. The van der Waals surface area contributed by atoms with E-state index < -0.39 is 11.6 Å². The molecule has 0 radical (unpaired) electrons. The van der Waals surface area contributed by atoms with Crippen LogP contribution in [0.5, 0.6) is 0 Å². The predicted molar refractivity (Wildman–Crippen MR) is 85.8 cm³/mol. The lowest BCUT2D eigenvalue weighted by Crippen LogP contribution is -2.36. The number of halogens is 2. The average molecular weight is 318 g/mol. The Morgan fingerprint density at radius 3 is 2.30 bits per heavy atom. The lowest BCUT2D eigenvalue weighted by molar-refractivity contribution is -0.121. The Morgan fingerprint density at radius 2 is 1.65 bits per heavy atom. The quantitative estimate of drug-likeness (QED) is 0.856. The van der Waals surface area contributed by atoms with Crippen LogP contribution in [0.25, 0.3) is 0 Å².